The Balaban J connectivity index is 1.97. The second-order valence-corrected chi connectivity index (χ2v) is 8.40. The molecule has 0 amide bonds. The van der Waals surface area contributed by atoms with Gasteiger partial charge in [-0.1, -0.05) is 62.2 Å². The molecule has 0 radical (unpaired) electrons. The fraction of sp³-hybridized carbons (Fsp3) is 0.227. The quantitative estimate of drug-likeness (QED) is 0.433. The molecule has 6 nitrogen and oxygen atoms in total. The minimum absolute atomic E-state index is 0.0389. The molecule has 3 N–H and O–H groups in total. The molecule has 3 aromatic rings. The number of unbranched alkanes of at least 4 members (excludes halogenated alkanes) is 2. The highest BCUT2D eigenvalue weighted by molar-refractivity contribution is 7.92. The maximum Gasteiger partial charge on any atom is 0.338 e. The third-order valence-corrected chi connectivity index (χ3v) is 6.08. The van der Waals surface area contributed by atoms with Crippen LogP contribution >= 0.6 is 0 Å². The van der Waals surface area contributed by atoms with Crippen molar-refractivity contribution in [1.29, 1.82) is 0 Å². The van der Waals surface area contributed by atoms with Crippen LogP contribution in [0.5, 0.6) is 0 Å². The number of nitrogens with one attached hydrogen (secondary N) is 2. The van der Waals surface area contributed by atoms with Crippen molar-refractivity contribution in [2.45, 2.75) is 31.1 Å². The summed E-state index contributed by atoms with van der Waals surface area (Å²) in [5, 5.41) is 14.1. The van der Waals surface area contributed by atoms with Gasteiger partial charge in [-0.25, -0.2) is 13.2 Å². The number of carboxylic acid groups (broad SMARTS) is 1. The largest absolute Gasteiger partial charge is 0.478 e. The standard InChI is InChI=1S/C22H24N2O4S/c1-2-3-8-15-23-18-11-6-7-12-20(18)29(27,28)24-19-14-13-16-9-4-5-10-17(16)21(19)22(25)26/h4-7,9-14,23-24H,2-3,8,15H2,1H3,(H,25,26). The molecular formula is C22H24N2O4S. The third-order valence-electron chi connectivity index (χ3n) is 4.66. The second-order valence-electron chi connectivity index (χ2n) is 6.75. The predicted molar refractivity (Wildman–Crippen MR) is 116 cm³/mol. The van der Waals surface area contributed by atoms with Crippen LogP contribution in [-0.2, 0) is 10.0 Å². The van der Waals surface area contributed by atoms with E-state index >= 15 is 0 Å². The number of para-hydroxylation sites is 1. The smallest absolute Gasteiger partial charge is 0.338 e. The predicted octanol–water partition coefficient (Wildman–Crippen LogP) is 4.94. The van der Waals surface area contributed by atoms with Crippen molar-refractivity contribution in [2.75, 3.05) is 16.6 Å². The average Bonchev–Trinajstić information content (AvgIpc) is 2.70. The average molecular weight is 413 g/mol. The van der Waals surface area contributed by atoms with Crippen LogP contribution in [0.25, 0.3) is 10.8 Å². The highest BCUT2D eigenvalue weighted by Crippen LogP contribution is 2.30. The molecule has 0 aliphatic rings. The number of hydrogen-bond donors (Lipinski definition) is 3. The number of hydrogen-bond acceptors (Lipinski definition) is 4. The van der Waals surface area contributed by atoms with Gasteiger partial charge in [0, 0.05) is 6.54 Å². The van der Waals surface area contributed by atoms with Crippen molar-refractivity contribution in [1.82, 2.24) is 0 Å². The molecule has 0 aliphatic carbocycles. The summed E-state index contributed by atoms with van der Waals surface area (Å²) in [6.45, 7) is 2.77. The molecule has 0 saturated carbocycles. The Labute approximate surface area is 170 Å². The Kier molecular flexibility index (Phi) is 6.39. The van der Waals surface area contributed by atoms with Crippen LogP contribution in [-0.4, -0.2) is 26.0 Å². The van der Waals surface area contributed by atoms with Crippen molar-refractivity contribution in [3.63, 3.8) is 0 Å². The zero-order valence-corrected chi connectivity index (χ0v) is 17.0. The van der Waals surface area contributed by atoms with Gasteiger partial charge in [-0.3, -0.25) is 4.72 Å². The van der Waals surface area contributed by atoms with Gasteiger partial charge in [-0.15, -0.1) is 0 Å². The van der Waals surface area contributed by atoms with Gasteiger partial charge >= 0.3 is 5.97 Å². The maximum absolute atomic E-state index is 13.1. The van der Waals surface area contributed by atoms with E-state index in [0.717, 1.165) is 24.6 Å². The van der Waals surface area contributed by atoms with Gasteiger partial charge in [0.2, 0.25) is 0 Å². The summed E-state index contributed by atoms with van der Waals surface area (Å²) >= 11 is 0. The van der Waals surface area contributed by atoms with Crippen LogP contribution < -0.4 is 10.0 Å². The molecule has 29 heavy (non-hydrogen) atoms. The van der Waals surface area contributed by atoms with Crippen LogP contribution in [0.1, 0.15) is 36.5 Å². The van der Waals surface area contributed by atoms with E-state index in [2.05, 4.69) is 17.0 Å². The molecule has 0 bridgehead atoms. The summed E-state index contributed by atoms with van der Waals surface area (Å²) in [6, 6.07) is 16.8. The van der Waals surface area contributed by atoms with Gasteiger partial charge in [0.25, 0.3) is 10.0 Å². The van der Waals surface area contributed by atoms with Gasteiger partial charge in [0.05, 0.1) is 16.9 Å². The first-order chi connectivity index (χ1) is 13.9. The molecule has 0 saturated heterocycles. The molecule has 0 fully saturated rings. The van der Waals surface area contributed by atoms with E-state index in [0.29, 0.717) is 17.6 Å². The summed E-state index contributed by atoms with van der Waals surface area (Å²) in [4.78, 5) is 12.0. The lowest BCUT2D eigenvalue weighted by Crippen LogP contribution is -2.18. The Morgan fingerprint density at radius 3 is 2.41 bits per heavy atom. The van der Waals surface area contributed by atoms with E-state index in [4.69, 9.17) is 0 Å². The van der Waals surface area contributed by atoms with Crippen molar-refractivity contribution in [3.05, 3.63) is 66.2 Å². The van der Waals surface area contributed by atoms with Gasteiger partial charge < -0.3 is 10.4 Å². The fourth-order valence-corrected chi connectivity index (χ4v) is 4.49. The van der Waals surface area contributed by atoms with E-state index in [9.17, 15) is 18.3 Å². The van der Waals surface area contributed by atoms with Crippen LogP contribution in [0.15, 0.2) is 65.6 Å². The number of sulfonamides is 1. The Morgan fingerprint density at radius 1 is 0.931 bits per heavy atom. The number of fused-ring (bicyclic) bond motifs is 1. The Morgan fingerprint density at radius 2 is 1.66 bits per heavy atom. The SMILES string of the molecule is CCCCCNc1ccccc1S(=O)(=O)Nc1ccc2ccccc2c1C(=O)O. The summed E-state index contributed by atoms with van der Waals surface area (Å²) in [5.74, 6) is -1.19. The maximum atomic E-state index is 13.1. The van der Waals surface area contributed by atoms with E-state index in [1.807, 2.05) is 0 Å². The molecular weight excluding hydrogens is 388 g/mol. The molecule has 0 aromatic heterocycles. The van der Waals surface area contributed by atoms with Crippen molar-refractivity contribution in [2.24, 2.45) is 0 Å². The molecule has 0 aliphatic heterocycles. The van der Waals surface area contributed by atoms with E-state index in [1.165, 1.54) is 12.1 Å². The number of aromatic carboxylic acids is 1. The van der Waals surface area contributed by atoms with Crippen LogP contribution in [0.4, 0.5) is 11.4 Å². The molecule has 0 heterocycles. The molecule has 0 unspecified atom stereocenters. The van der Waals surface area contributed by atoms with Crippen LogP contribution in [0.2, 0.25) is 0 Å². The van der Waals surface area contributed by atoms with Gasteiger partial charge in [0.15, 0.2) is 0 Å². The number of benzene rings is 3. The van der Waals surface area contributed by atoms with Crippen molar-refractivity contribution >= 4 is 38.1 Å². The minimum Gasteiger partial charge on any atom is -0.478 e. The highest BCUT2D eigenvalue weighted by atomic mass is 32.2. The van der Waals surface area contributed by atoms with Crippen molar-refractivity contribution in [3.8, 4) is 0 Å². The zero-order chi connectivity index (χ0) is 20.9. The number of carbonyl (C=O) groups is 1. The van der Waals surface area contributed by atoms with Crippen LogP contribution in [0, 0.1) is 0 Å². The second kappa shape index (κ2) is 8.96. The van der Waals surface area contributed by atoms with Gasteiger partial charge in [0.1, 0.15) is 4.90 Å². The lowest BCUT2D eigenvalue weighted by atomic mass is 10.0. The molecule has 3 rings (SSSR count). The lowest BCUT2D eigenvalue weighted by Gasteiger charge is -2.16. The monoisotopic (exact) mass is 412 g/mol. The molecule has 7 heteroatoms. The summed E-state index contributed by atoms with van der Waals surface area (Å²) in [5.41, 5.74) is 0.464. The third kappa shape index (κ3) is 4.68. The molecule has 0 atom stereocenters. The van der Waals surface area contributed by atoms with E-state index < -0.39 is 16.0 Å². The highest BCUT2D eigenvalue weighted by Gasteiger charge is 2.22. The Hall–Kier alpha value is -3.06. The zero-order valence-electron chi connectivity index (χ0n) is 16.2. The lowest BCUT2D eigenvalue weighted by molar-refractivity contribution is 0.0700. The number of carboxylic acids is 1. The first-order valence-corrected chi connectivity index (χ1v) is 11.0. The minimum atomic E-state index is -3.99. The molecule has 3 aromatic carbocycles. The van der Waals surface area contributed by atoms with Gasteiger partial charge in [-0.2, -0.15) is 0 Å². The number of anilines is 2. The van der Waals surface area contributed by atoms with Gasteiger partial charge in [-0.05, 0) is 35.4 Å². The Bertz CT molecular complexity index is 1130. The summed E-state index contributed by atoms with van der Waals surface area (Å²) in [7, 11) is -3.99. The first kappa shape index (κ1) is 20.7. The van der Waals surface area contributed by atoms with Crippen molar-refractivity contribution < 1.29 is 18.3 Å². The molecule has 152 valence electrons. The molecule has 0 spiro atoms. The fourth-order valence-electron chi connectivity index (χ4n) is 3.23. The summed E-state index contributed by atoms with van der Waals surface area (Å²) in [6.07, 6.45) is 3.06. The van der Waals surface area contributed by atoms with E-state index in [-0.39, 0.29) is 16.1 Å². The number of rotatable bonds is 9. The van der Waals surface area contributed by atoms with Crippen LogP contribution in [0.3, 0.4) is 0 Å². The first-order valence-electron chi connectivity index (χ1n) is 9.55. The van der Waals surface area contributed by atoms with E-state index in [1.54, 1.807) is 48.5 Å². The normalized spacial score (nSPS) is 11.3. The topological polar surface area (TPSA) is 95.5 Å². The summed E-state index contributed by atoms with van der Waals surface area (Å²) < 4.78 is 28.6.